The molecule has 1 fully saturated rings. The average Bonchev–Trinajstić information content (AvgIpc) is 2.73. The van der Waals surface area contributed by atoms with E-state index < -0.39 is 0 Å². The lowest BCUT2D eigenvalue weighted by Gasteiger charge is -2.22. The predicted molar refractivity (Wildman–Crippen MR) is 79.8 cm³/mol. The first-order valence-electron chi connectivity index (χ1n) is 6.65. The third-order valence-electron chi connectivity index (χ3n) is 3.57. The second-order valence-electron chi connectivity index (χ2n) is 4.89. The summed E-state index contributed by atoms with van der Waals surface area (Å²) in [7, 11) is 0. The number of hydrogen-bond acceptors (Lipinski definition) is 4. The lowest BCUT2D eigenvalue weighted by molar-refractivity contribution is -0.128. The van der Waals surface area contributed by atoms with Crippen LogP contribution in [-0.4, -0.2) is 51.4 Å². The molecule has 3 heterocycles. The van der Waals surface area contributed by atoms with Gasteiger partial charge in [0.1, 0.15) is 4.60 Å². The molecule has 0 saturated carbocycles. The van der Waals surface area contributed by atoms with Crippen LogP contribution in [-0.2, 0) is 4.79 Å². The number of fused-ring (bicyclic) bond motifs is 1. The Morgan fingerprint density at radius 1 is 1.30 bits per heavy atom. The molecular weight excluding hydrogens is 322 g/mol. The number of anilines is 1. The number of halogens is 1. The van der Waals surface area contributed by atoms with Gasteiger partial charge in [0.25, 0.3) is 0 Å². The summed E-state index contributed by atoms with van der Waals surface area (Å²) in [5, 5.41) is 0. The largest absolute Gasteiger partial charge is 0.352 e. The minimum absolute atomic E-state index is 0.139. The molecule has 0 radical (unpaired) electrons. The third kappa shape index (κ3) is 2.49. The second kappa shape index (κ2) is 5.40. The first-order valence-corrected chi connectivity index (χ1v) is 7.44. The number of nitrogens with zero attached hydrogens (tertiary/aromatic N) is 5. The molecule has 1 saturated heterocycles. The Bertz CT molecular complexity index is 641. The molecule has 1 aliphatic heterocycles. The number of amides is 1. The van der Waals surface area contributed by atoms with Crippen LogP contribution in [0.5, 0.6) is 0 Å². The van der Waals surface area contributed by atoms with Crippen molar-refractivity contribution in [3.8, 4) is 0 Å². The van der Waals surface area contributed by atoms with Crippen molar-refractivity contribution in [1.29, 1.82) is 0 Å². The monoisotopic (exact) mass is 337 g/mol. The van der Waals surface area contributed by atoms with E-state index >= 15 is 0 Å². The highest BCUT2D eigenvalue weighted by atomic mass is 79.9. The van der Waals surface area contributed by atoms with Crippen LogP contribution in [0, 0.1) is 0 Å². The van der Waals surface area contributed by atoms with Gasteiger partial charge in [0.05, 0.1) is 0 Å². The van der Waals surface area contributed by atoms with Crippen LogP contribution >= 0.6 is 15.9 Å². The Balaban J connectivity index is 1.91. The van der Waals surface area contributed by atoms with Gasteiger partial charge in [-0.3, -0.25) is 4.79 Å². The van der Waals surface area contributed by atoms with E-state index in [-0.39, 0.29) is 5.91 Å². The lowest BCUT2D eigenvalue weighted by atomic mass is 10.4. The highest BCUT2D eigenvalue weighted by molar-refractivity contribution is 9.10. The molecule has 0 atom stereocenters. The van der Waals surface area contributed by atoms with E-state index in [1.54, 1.807) is 13.1 Å². The summed E-state index contributed by atoms with van der Waals surface area (Å²) >= 11 is 3.44. The van der Waals surface area contributed by atoms with Crippen molar-refractivity contribution in [2.45, 2.75) is 13.3 Å². The highest BCUT2D eigenvalue weighted by Crippen LogP contribution is 2.22. The quantitative estimate of drug-likeness (QED) is 0.792. The van der Waals surface area contributed by atoms with E-state index in [4.69, 9.17) is 0 Å². The summed E-state index contributed by atoms with van der Waals surface area (Å²) in [6.07, 6.45) is 6.52. The first kappa shape index (κ1) is 13.4. The van der Waals surface area contributed by atoms with Crippen LogP contribution in [0.4, 0.5) is 5.82 Å². The number of hydrogen-bond donors (Lipinski definition) is 0. The summed E-state index contributed by atoms with van der Waals surface area (Å²) in [4.78, 5) is 24.5. The maximum Gasteiger partial charge on any atom is 0.219 e. The number of imidazole rings is 1. The van der Waals surface area contributed by atoms with Gasteiger partial charge >= 0.3 is 0 Å². The molecular formula is C13H16BrN5O. The van der Waals surface area contributed by atoms with Gasteiger partial charge in [0, 0.05) is 51.7 Å². The summed E-state index contributed by atoms with van der Waals surface area (Å²) in [6, 6.07) is 0. The van der Waals surface area contributed by atoms with Gasteiger partial charge < -0.3 is 14.2 Å². The van der Waals surface area contributed by atoms with Crippen LogP contribution in [0.3, 0.4) is 0 Å². The zero-order chi connectivity index (χ0) is 14.1. The lowest BCUT2D eigenvalue weighted by Crippen LogP contribution is -2.34. The maximum absolute atomic E-state index is 11.5. The van der Waals surface area contributed by atoms with E-state index in [0.29, 0.717) is 0 Å². The van der Waals surface area contributed by atoms with Crippen molar-refractivity contribution in [1.82, 2.24) is 19.3 Å². The zero-order valence-corrected chi connectivity index (χ0v) is 12.9. The van der Waals surface area contributed by atoms with Gasteiger partial charge in [0.15, 0.2) is 11.5 Å². The Morgan fingerprint density at radius 2 is 2.15 bits per heavy atom. The van der Waals surface area contributed by atoms with Crippen LogP contribution in [0.1, 0.15) is 13.3 Å². The fourth-order valence-corrected chi connectivity index (χ4v) is 2.93. The molecule has 106 valence electrons. The molecule has 2 aromatic heterocycles. The van der Waals surface area contributed by atoms with Crippen molar-refractivity contribution in [3.05, 3.63) is 23.2 Å². The highest BCUT2D eigenvalue weighted by Gasteiger charge is 2.20. The van der Waals surface area contributed by atoms with Crippen molar-refractivity contribution >= 4 is 33.3 Å². The molecule has 1 amide bonds. The molecule has 0 aliphatic carbocycles. The normalized spacial score (nSPS) is 16.5. The van der Waals surface area contributed by atoms with Crippen molar-refractivity contribution in [3.63, 3.8) is 0 Å². The Morgan fingerprint density at radius 3 is 2.95 bits per heavy atom. The fraction of sp³-hybridized carbons (Fsp3) is 0.462. The molecule has 20 heavy (non-hydrogen) atoms. The predicted octanol–water partition coefficient (Wildman–Crippen LogP) is 1.55. The van der Waals surface area contributed by atoms with Gasteiger partial charge in [-0.1, -0.05) is 0 Å². The van der Waals surface area contributed by atoms with Crippen LogP contribution in [0.15, 0.2) is 23.2 Å². The molecule has 0 bridgehead atoms. The third-order valence-corrected chi connectivity index (χ3v) is 3.95. The summed E-state index contributed by atoms with van der Waals surface area (Å²) in [5.41, 5.74) is 0.851. The maximum atomic E-state index is 11.5. The minimum atomic E-state index is 0.139. The Kier molecular flexibility index (Phi) is 3.60. The van der Waals surface area contributed by atoms with Gasteiger partial charge in [0.2, 0.25) is 5.91 Å². The van der Waals surface area contributed by atoms with Gasteiger partial charge in [-0.05, 0) is 22.4 Å². The van der Waals surface area contributed by atoms with E-state index in [0.717, 1.165) is 48.7 Å². The van der Waals surface area contributed by atoms with Crippen LogP contribution in [0.2, 0.25) is 0 Å². The van der Waals surface area contributed by atoms with E-state index in [9.17, 15) is 4.79 Å². The zero-order valence-electron chi connectivity index (χ0n) is 11.3. The Hall–Kier alpha value is -1.63. The van der Waals surface area contributed by atoms with E-state index in [1.165, 1.54) is 0 Å². The molecule has 0 unspecified atom stereocenters. The SMILES string of the molecule is CC(=O)N1CCCN(c2nc(Br)cn3ccnc23)CC1. The van der Waals surface area contributed by atoms with E-state index in [1.807, 2.05) is 21.7 Å². The van der Waals surface area contributed by atoms with Crippen LogP contribution in [0.25, 0.3) is 5.65 Å². The molecule has 6 nitrogen and oxygen atoms in total. The number of carbonyl (C=O) groups is 1. The van der Waals surface area contributed by atoms with Gasteiger partial charge in [-0.2, -0.15) is 0 Å². The van der Waals surface area contributed by atoms with Crippen LogP contribution < -0.4 is 4.90 Å². The summed E-state index contributed by atoms with van der Waals surface area (Å²) in [6.45, 7) is 4.84. The standard InChI is InChI=1S/C13H16BrN5O/c1-10(20)17-4-2-5-18(8-7-17)13-12-15-3-6-19(12)9-11(14)16-13/h3,6,9H,2,4-5,7-8H2,1H3. The first-order chi connectivity index (χ1) is 9.65. The van der Waals surface area contributed by atoms with Gasteiger partial charge in [-0.25, -0.2) is 9.97 Å². The smallest absolute Gasteiger partial charge is 0.219 e. The van der Waals surface area contributed by atoms with Gasteiger partial charge in [-0.15, -0.1) is 0 Å². The number of carbonyl (C=O) groups excluding carboxylic acids is 1. The summed E-state index contributed by atoms with van der Waals surface area (Å²) in [5.74, 6) is 1.01. The van der Waals surface area contributed by atoms with Crippen molar-refractivity contribution < 1.29 is 4.79 Å². The molecule has 3 rings (SSSR count). The molecule has 0 spiro atoms. The summed E-state index contributed by atoms with van der Waals surface area (Å²) < 4.78 is 2.74. The second-order valence-corrected chi connectivity index (χ2v) is 5.70. The molecule has 0 aromatic carbocycles. The fourth-order valence-electron chi connectivity index (χ4n) is 2.54. The minimum Gasteiger partial charge on any atom is -0.352 e. The van der Waals surface area contributed by atoms with Crippen molar-refractivity contribution in [2.75, 3.05) is 31.1 Å². The molecule has 7 heteroatoms. The Labute approximate surface area is 125 Å². The topological polar surface area (TPSA) is 53.7 Å². The molecule has 1 aliphatic rings. The molecule has 0 N–H and O–H groups in total. The molecule has 2 aromatic rings. The van der Waals surface area contributed by atoms with Crippen molar-refractivity contribution in [2.24, 2.45) is 0 Å². The average molecular weight is 338 g/mol. The van der Waals surface area contributed by atoms with E-state index in [2.05, 4.69) is 30.8 Å². The number of rotatable bonds is 1. The number of aromatic nitrogens is 3.